The summed E-state index contributed by atoms with van der Waals surface area (Å²) in [4.78, 5) is 5.67. The van der Waals surface area contributed by atoms with E-state index < -0.39 is 0 Å². The van der Waals surface area contributed by atoms with Crippen LogP contribution in [0.3, 0.4) is 0 Å². The van der Waals surface area contributed by atoms with Gasteiger partial charge < -0.3 is 14.8 Å². The van der Waals surface area contributed by atoms with Gasteiger partial charge in [0.25, 0.3) is 0 Å². The number of aryl methyl sites for hydroxylation is 1. The van der Waals surface area contributed by atoms with E-state index in [1.54, 1.807) is 18.4 Å². The van der Waals surface area contributed by atoms with Crippen molar-refractivity contribution in [3.05, 3.63) is 45.9 Å². The molecule has 0 unspecified atom stereocenters. The van der Waals surface area contributed by atoms with E-state index in [0.717, 1.165) is 36.9 Å². The third-order valence-electron chi connectivity index (χ3n) is 2.99. The number of nitrogens with one attached hydrogen (secondary N) is 1. The molecule has 5 heteroatoms. The van der Waals surface area contributed by atoms with Gasteiger partial charge in [-0.05, 0) is 19.1 Å². The number of thiazole rings is 1. The Morgan fingerprint density at radius 3 is 2.76 bits per heavy atom. The van der Waals surface area contributed by atoms with Gasteiger partial charge in [0.1, 0.15) is 5.75 Å². The van der Waals surface area contributed by atoms with E-state index in [1.165, 1.54) is 10.4 Å². The number of ether oxygens (including phenoxy) is 2. The zero-order valence-corrected chi connectivity index (χ0v) is 13.4. The first kappa shape index (κ1) is 15.9. The lowest BCUT2D eigenvalue weighted by molar-refractivity contribution is 0.199. The average molecular weight is 306 g/mol. The second-order valence-corrected chi connectivity index (χ2v) is 6.00. The number of hydrogen-bond acceptors (Lipinski definition) is 5. The van der Waals surface area contributed by atoms with Crippen molar-refractivity contribution < 1.29 is 9.47 Å². The molecule has 2 rings (SSSR count). The Hall–Kier alpha value is -1.43. The monoisotopic (exact) mass is 306 g/mol. The standard InChI is InChI=1S/C16H22N2O2S/c1-13-3-5-14(6-4-13)20-9-7-16-18-12-15(21-16)11-17-8-10-19-2/h3-6,12,17H,7-11H2,1-2H3. The molecule has 1 aromatic heterocycles. The number of methoxy groups -OCH3 is 1. The average Bonchev–Trinajstić information content (AvgIpc) is 2.94. The summed E-state index contributed by atoms with van der Waals surface area (Å²) in [7, 11) is 1.71. The molecule has 0 bridgehead atoms. The fraction of sp³-hybridized carbons (Fsp3) is 0.438. The second-order valence-electron chi connectivity index (χ2n) is 4.80. The van der Waals surface area contributed by atoms with Gasteiger partial charge in [0.2, 0.25) is 0 Å². The van der Waals surface area contributed by atoms with Crippen molar-refractivity contribution >= 4 is 11.3 Å². The molecule has 0 aliphatic heterocycles. The molecule has 21 heavy (non-hydrogen) atoms. The molecule has 0 radical (unpaired) electrons. The summed E-state index contributed by atoms with van der Waals surface area (Å²) >= 11 is 1.73. The van der Waals surface area contributed by atoms with Crippen LogP contribution in [0.25, 0.3) is 0 Å². The molecular formula is C16H22N2O2S. The van der Waals surface area contributed by atoms with Crippen molar-refractivity contribution in [3.63, 3.8) is 0 Å². The summed E-state index contributed by atoms with van der Waals surface area (Å²) in [6.45, 7) is 5.17. The van der Waals surface area contributed by atoms with E-state index in [9.17, 15) is 0 Å². The molecule has 0 spiro atoms. The smallest absolute Gasteiger partial charge is 0.119 e. The summed E-state index contributed by atoms with van der Waals surface area (Å²) in [6, 6.07) is 8.12. The van der Waals surface area contributed by atoms with E-state index in [-0.39, 0.29) is 0 Å². The Labute approximate surface area is 130 Å². The van der Waals surface area contributed by atoms with Crippen LogP contribution >= 0.6 is 11.3 Å². The predicted octanol–water partition coefficient (Wildman–Crippen LogP) is 2.81. The summed E-state index contributed by atoms with van der Waals surface area (Å²) in [5, 5.41) is 4.43. The summed E-state index contributed by atoms with van der Waals surface area (Å²) in [5.74, 6) is 0.915. The Morgan fingerprint density at radius 1 is 1.19 bits per heavy atom. The van der Waals surface area contributed by atoms with Crippen LogP contribution in [0, 0.1) is 6.92 Å². The molecule has 0 fully saturated rings. The van der Waals surface area contributed by atoms with Crippen LogP contribution in [0.2, 0.25) is 0 Å². The Bertz CT molecular complexity index is 525. The van der Waals surface area contributed by atoms with E-state index in [2.05, 4.69) is 29.4 Å². The highest BCUT2D eigenvalue weighted by atomic mass is 32.1. The second kappa shape index (κ2) is 8.77. The number of hydrogen-bond donors (Lipinski definition) is 1. The molecule has 1 aromatic carbocycles. The Morgan fingerprint density at radius 2 is 2.00 bits per heavy atom. The minimum absolute atomic E-state index is 0.660. The molecule has 0 saturated heterocycles. The quantitative estimate of drug-likeness (QED) is 0.724. The van der Waals surface area contributed by atoms with Gasteiger partial charge in [-0.3, -0.25) is 0 Å². The van der Waals surface area contributed by atoms with Gasteiger partial charge >= 0.3 is 0 Å². The molecule has 4 nitrogen and oxygen atoms in total. The van der Waals surface area contributed by atoms with Gasteiger partial charge in [-0.2, -0.15) is 0 Å². The molecular weight excluding hydrogens is 284 g/mol. The van der Waals surface area contributed by atoms with Crippen LogP contribution in [0.15, 0.2) is 30.5 Å². The van der Waals surface area contributed by atoms with Crippen LogP contribution in [-0.4, -0.2) is 31.9 Å². The van der Waals surface area contributed by atoms with E-state index in [0.29, 0.717) is 6.61 Å². The lowest BCUT2D eigenvalue weighted by atomic mass is 10.2. The first-order chi connectivity index (χ1) is 10.3. The zero-order chi connectivity index (χ0) is 14.9. The molecule has 0 amide bonds. The number of rotatable bonds is 9. The zero-order valence-electron chi connectivity index (χ0n) is 12.6. The fourth-order valence-corrected chi connectivity index (χ4v) is 2.69. The van der Waals surface area contributed by atoms with E-state index in [1.807, 2.05) is 18.3 Å². The van der Waals surface area contributed by atoms with Crippen LogP contribution in [0.5, 0.6) is 5.75 Å². The van der Waals surface area contributed by atoms with E-state index >= 15 is 0 Å². The molecule has 0 aliphatic carbocycles. The summed E-state index contributed by atoms with van der Waals surface area (Å²) in [6.07, 6.45) is 2.78. The van der Waals surface area contributed by atoms with Crippen LogP contribution < -0.4 is 10.1 Å². The van der Waals surface area contributed by atoms with Crippen LogP contribution in [0.4, 0.5) is 0 Å². The van der Waals surface area contributed by atoms with Gasteiger partial charge in [0.05, 0.1) is 18.2 Å². The Balaban J connectivity index is 1.69. The van der Waals surface area contributed by atoms with Gasteiger partial charge in [-0.1, -0.05) is 17.7 Å². The first-order valence-corrected chi connectivity index (χ1v) is 7.92. The molecule has 0 saturated carbocycles. The van der Waals surface area contributed by atoms with Crippen molar-refractivity contribution in [3.8, 4) is 5.75 Å². The lowest BCUT2D eigenvalue weighted by Crippen LogP contribution is -2.17. The molecule has 1 N–H and O–H groups in total. The van der Waals surface area contributed by atoms with Gasteiger partial charge in [0.15, 0.2) is 0 Å². The van der Waals surface area contributed by atoms with Gasteiger partial charge in [0, 0.05) is 37.7 Å². The van der Waals surface area contributed by atoms with E-state index in [4.69, 9.17) is 9.47 Å². The van der Waals surface area contributed by atoms with Crippen molar-refractivity contribution in [1.82, 2.24) is 10.3 Å². The topological polar surface area (TPSA) is 43.4 Å². The highest BCUT2D eigenvalue weighted by Crippen LogP contribution is 2.15. The number of nitrogens with zero attached hydrogens (tertiary/aromatic N) is 1. The maximum atomic E-state index is 5.72. The molecule has 0 atom stereocenters. The Kier molecular flexibility index (Phi) is 6.66. The highest BCUT2D eigenvalue weighted by Gasteiger charge is 2.02. The van der Waals surface area contributed by atoms with Crippen molar-refractivity contribution in [2.24, 2.45) is 0 Å². The minimum atomic E-state index is 0.660. The molecule has 1 heterocycles. The van der Waals surface area contributed by atoms with Crippen molar-refractivity contribution in [1.29, 1.82) is 0 Å². The van der Waals surface area contributed by atoms with Gasteiger partial charge in [-0.25, -0.2) is 4.98 Å². The number of benzene rings is 1. The maximum absolute atomic E-state index is 5.72. The maximum Gasteiger partial charge on any atom is 0.119 e. The molecule has 0 aliphatic rings. The highest BCUT2D eigenvalue weighted by molar-refractivity contribution is 7.11. The van der Waals surface area contributed by atoms with Crippen molar-refractivity contribution in [2.75, 3.05) is 26.9 Å². The summed E-state index contributed by atoms with van der Waals surface area (Å²) < 4.78 is 10.7. The predicted molar refractivity (Wildman–Crippen MR) is 86.1 cm³/mol. The molecule has 114 valence electrons. The third kappa shape index (κ3) is 5.83. The van der Waals surface area contributed by atoms with Crippen LogP contribution in [0.1, 0.15) is 15.4 Å². The van der Waals surface area contributed by atoms with Gasteiger partial charge in [-0.15, -0.1) is 11.3 Å². The first-order valence-electron chi connectivity index (χ1n) is 7.10. The lowest BCUT2D eigenvalue weighted by Gasteiger charge is -2.04. The third-order valence-corrected chi connectivity index (χ3v) is 4.05. The van der Waals surface area contributed by atoms with Crippen molar-refractivity contribution in [2.45, 2.75) is 19.9 Å². The SMILES string of the molecule is COCCNCc1cnc(CCOc2ccc(C)cc2)s1. The minimum Gasteiger partial charge on any atom is -0.493 e. The number of aromatic nitrogens is 1. The van der Waals surface area contributed by atoms with Crippen LogP contribution in [-0.2, 0) is 17.7 Å². The summed E-state index contributed by atoms with van der Waals surface area (Å²) in [5.41, 5.74) is 1.24. The fourth-order valence-electron chi connectivity index (χ4n) is 1.82. The largest absolute Gasteiger partial charge is 0.493 e. The molecule has 2 aromatic rings. The normalized spacial score (nSPS) is 10.8.